The Morgan fingerprint density at radius 1 is 1.19 bits per heavy atom. The van der Waals surface area contributed by atoms with Crippen LogP contribution >= 0.6 is 0 Å². The van der Waals surface area contributed by atoms with Crippen molar-refractivity contribution in [3.8, 4) is 5.75 Å². The van der Waals surface area contributed by atoms with Crippen molar-refractivity contribution in [3.63, 3.8) is 0 Å². The van der Waals surface area contributed by atoms with Gasteiger partial charge in [-0.15, -0.1) is 0 Å². The average molecular weight is 287 g/mol. The van der Waals surface area contributed by atoms with E-state index in [1.165, 1.54) is 6.07 Å². The van der Waals surface area contributed by atoms with Gasteiger partial charge in [-0.25, -0.2) is 4.39 Å². The zero-order valence-electron chi connectivity index (χ0n) is 11.6. The van der Waals surface area contributed by atoms with Crippen LogP contribution in [0.15, 0.2) is 48.5 Å². The van der Waals surface area contributed by atoms with Crippen LogP contribution in [0.4, 0.5) is 4.39 Å². The Hall–Kier alpha value is -1.91. The Morgan fingerprint density at radius 3 is 2.67 bits per heavy atom. The molecule has 0 saturated carbocycles. The number of rotatable bonds is 3. The van der Waals surface area contributed by atoms with Gasteiger partial charge in [0.1, 0.15) is 11.6 Å². The van der Waals surface area contributed by atoms with Crippen LogP contribution in [0.5, 0.6) is 5.75 Å². The molecule has 0 aliphatic carbocycles. The first kappa shape index (κ1) is 14.0. The minimum Gasteiger partial charge on any atom is -0.493 e. The van der Waals surface area contributed by atoms with Gasteiger partial charge in [0.05, 0.1) is 18.1 Å². The monoisotopic (exact) mass is 287 g/mol. The van der Waals surface area contributed by atoms with Crippen molar-refractivity contribution in [2.45, 2.75) is 12.5 Å². The third kappa shape index (κ3) is 2.41. The lowest BCUT2D eigenvalue weighted by Crippen LogP contribution is -2.46. The Morgan fingerprint density at radius 2 is 1.90 bits per heavy atom. The highest BCUT2D eigenvalue weighted by Crippen LogP contribution is 2.42. The van der Waals surface area contributed by atoms with Crippen molar-refractivity contribution < 1.29 is 14.2 Å². The Labute approximate surface area is 123 Å². The van der Waals surface area contributed by atoms with Gasteiger partial charge in [-0.2, -0.15) is 0 Å². The first-order valence-electron chi connectivity index (χ1n) is 6.99. The molecule has 0 saturated heterocycles. The lowest BCUT2D eigenvalue weighted by atomic mass is 9.73. The predicted octanol–water partition coefficient (Wildman–Crippen LogP) is 2.44. The van der Waals surface area contributed by atoms with E-state index in [2.05, 4.69) is 0 Å². The summed E-state index contributed by atoms with van der Waals surface area (Å²) in [6, 6.07) is 13.9. The van der Waals surface area contributed by atoms with Crippen LogP contribution in [0.3, 0.4) is 0 Å². The number of hydrogen-bond donors (Lipinski definition) is 2. The molecular formula is C17H18FNO2. The largest absolute Gasteiger partial charge is 0.493 e. The lowest BCUT2D eigenvalue weighted by Gasteiger charge is -2.40. The second-order valence-electron chi connectivity index (χ2n) is 5.56. The molecule has 0 spiro atoms. The molecule has 0 fully saturated rings. The highest BCUT2D eigenvalue weighted by molar-refractivity contribution is 5.37. The standard InChI is InChI=1S/C17H18FNO2/c18-14-7-3-2-6-13(14)16(20)17(10-19)9-12-5-1-4-8-15(12)21-11-17/h1-8,16,20H,9-11,19H2. The van der Waals surface area contributed by atoms with Crippen LogP contribution < -0.4 is 10.5 Å². The highest BCUT2D eigenvalue weighted by atomic mass is 19.1. The second-order valence-corrected chi connectivity index (χ2v) is 5.56. The van der Waals surface area contributed by atoms with Gasteiger partial charge in [0.15, 0.2) is 0 Å². The van der Waals surface area contributed by atoms with Crippen LogP contribution in [0.1, 0.15) is 17.2 Å². The van der Waals surface area contributed by atoms with E-state index in [0.717, 1.165) is 11.3 Å². The number of para-hydroxylation sites is 1. The third-order valence-electron chi connectivity index (χ3n) is 4.22. The molecule has 4 heteroatoms. The van der Waals surface area contributed by atoms with Crippen molar-refractivity contribution in [3.05, 3.63) is 65.5 Å². The predicted molar refractivity (Wildman–Crippen MR) is 78.5 cm³/mol. The van der Waals surface area contributed by atoms with Gasteiger partial charge in [0.25, 0.3) is 0 Å². The van der Waals surface area contributed by atoms with E-state index in [1.54, 1.807) is 18.2 Å². The maximum absolute atomic E-state index is 14.0. The fourth-order valence-electron chi connectivity index (χ4n) is 2.89. The smallest absolute Gasteiger partial charge is 0.129 e. The first-order chi connectivity index (χ1) is 10.2. The summed E-state index contributed by atoms with van der Waals surface area (Å²) in [5.41, 5.74) is 6.47. The Bertz CT molecular complexity index is 646. The van der Waals surface area contributed by atoms with E-state index in [4.69, 9.17) is 10.5 Å². The fourth-order valence-corrected chi connectivity index (χ4v) is 2.89. The number of aliphatic hydroxyl groups excluding tert-OH is 1. The second kappa shape index (κ2) is 5.47. The van der Waals surface area contributed by atoms with Crippen LogP contribution in [0.25, 0.3) is 0 Å². The summed E-state index contributed by atoms with van der Waals surface area (Å²) in [6.07, 6.45) is -0.438. The topological polar surface area (TPSA) is 55.5 Å². The molecule has 2 atom stereocenters. The summed E-state index contributed by atoms with van der Waals surface area (Å²) in [7, 11) is 0. The van der Waals surface area contributed by atoms with Gasteiger partial charge in [0.2, 0.25) is 0 Å². The van der Waals surface area contributed by atoms with Crippen molar-refractivity contribution >= 4 is 0 Å². The Balaban J connectivity index is 1.97. The maximum Gasteiger partial charge on any atom is 0.129 e. The Kier molecular flexibility index (Phi) is 3.66. The van der Waals surface area contributed by atoms with Crippen molar-refractivity contribution in [2.75, 3.05) is 13.2 Å². The van der Waals surface area contributed by atoms with Crippen molar-refractivity contribution in [1.82, 2.24) is 0 Å². The molecule has 3 rings (SSSR count). The molecule has 3 nitrogen and oxygen atoms in total. The normalized spacial score (nSPS) is 22.2. The lowest BCUT2D eigenvalue weighted by molar-refractivity contribution is -0.0180. The van der Waals surface area contributed by atoms with Crippen LogP contribution in [0.2, 0.25) is 0 Å². The summed E-state index contributed by atoms with van der Waals surface area (Å²) in [5.74, 6) is 0.388. The molecule has 0 bridgehead atoms. The van der Waals surface area contributed by atoms with Crippen LogP contribution in [-0.4, -0.2) is 18.3 Å². The van der Waals surface area contributed by atoms with Gasteiger partial charge in [-0.3, -0.25) is 0 Å². The summed E-state index contributed by atoms with van der Waals surface area (Å²) in [6.45, 7) is 0.493. The summed E-state index contributed by atoms with van der Waals surface area (Å²) >= 11 is 0. The molecule has 21 heavy (non-hydrogen) atoms. The molecule has 2 unspecified atom stereocenters. The summed E-state index contributed by atoms with van der Waals surface area (Å²) in [4.78, 5) is 0. The van der Waals surface area contributed by atoms with Crippen LogP contribution in [0, 0.1) is 11.2 Å². The molecule has 1 aliphatic heterocycles. The zero-order valence-corrected chi connectivity index (χ0v) is 11.6. The fraction of sp³-hybridized carbons (Fsp3) is 0.294. The molecule has 0 radical (unpaired) electrons. The molecule has 2 aromatic carbocycles. The number of ether oxygens (including phenoxy) is 1. The molecule has 0 amide bonds. The number of halogens is 1. The van der Waals surface area contributed by atoms with Gasteiger partial charge in [-0.05, 0) is 24.1 Å². The van der Waals surface area contributed by atoms with Gasteiger partial charge < -0.3 is 15.6 Å². The zero-order chi connectivity index (χ0) is 14.9. The van der Waals surface area contributed by atoms with E-state index in [1.807, 2.05) is 24.3 Å². The quantitative estimate of drug-likeness (QED) is 0.911. The van der Waals surface area contributed by atoms with E-state index in [-0.39, 0.29) is 18.7 Å². The van der Waals surface area contributed by atoms with Crippen LogP contribution in [-0.2, 0) is 6.42 Å². The number of benzene rings is 2. The SMILES string of the molecule is NCC1(C(O)c2ccccc2F)COc2ccccc2C1. The van der Waals surface area contributed by atoms with E-state index in [9.17, 15) is 9.50 Å². The van der Waals surface area contributed by atoms with Gasteiger partial charge >= 0.3 is 0 Å². The molecule has 1 heterocycles. The minimum atomic E-state index is -1.00. The third-order valence-corrected chi connectivity index (χ3v) is 4.22. The highest BCUT2D eigenvalue weighted by Gasteiger charge is 2.42. The van der Waals surface area contributed by atoms with E-state index >= 15 is 0 Å². The number of fused-ring (bicyclic) bond motifs is 1. The summed E-state index contributed by atoms with van der Waals surface area (Å²) in [5, 5.41) is 10.7. The molecule has 1 aliphatic rings. The van der Waals surface area contributed by atoms with Crippen molar-refractivity contribution in [2.24, 2.45) is 11.1 Å². The average Bonchev–Trinajstić information content (AvgIpc) is 2.54. The van der Waals surface area contributed by atoms with Gasteiger partial charge in [0, 0.05) is 12.1 Å². The molecular weight excluding hydrogens is 269 g/mol. The number of aliphatic hydroxyl groups is 1. The molecule has 2 aromatic rings. The molecule has 0 aromatic heterocycles. The molecule has 110 valence electrons. The maximum atomic E-state index is 14.0. The summed E-state index contributed by atoms with van der Waals surface area (Å²) < 4.78 is 19.7. The minimum absolute atomic E-state index is 0.219. The van der Waals surface area contributed by atoms with E-state index in [0.29, 0.717) is 6.42 Å². The molecule has 3 N–H and O–H groups in total. The van der Waals surface area contributed by atoms with E-state index < -0.39 is 17.3 Å². The van der Waals surface area contributed by atoms with Gasteiger partial charge in [-0.1, -0.05) is 36.4 Å². The first-order valence-corrected chi connectivity index (χ1v) is 6.99. The number of hydrogen-bond acceptors (Lipinski definition) is 3. The van der Waals surface area contributed by atoms with Crippen molar-refractivity contribution in [1.29, 1.82) is 0 Å². The number of nitrogens with two attached hydrogens (primary N) is 1.